The molecule has 0 aromatic heterocycles. The summed E-state index contributed by atoms with van der Waals surface area (Å²) in [5, 5.41) is 0. The van der Waals surface area contributed by atoms with E-state index in [1.807, 2.05) is 39.0 Å². The van der Waals surface area contributed by atoms with Gasteiger partial charge in [-0.05, 0) is 50.5 Å². The molecule has 0 unspecified atom stereocenters. The second-order valence-electron chi connectivity index (χ2n) is 6.91. The van der Waals surface area contributed by atoms with Crippen LogP contribution in [0.1, 0.15) is 38.3 Å². The Morgan fingerprint density at radius 3 is 2.65 bits per heavy atom. The van der Waals surface area contributed by atoms with Crippen LogP contribution in [0.25, 0.3) is 0 Å². The van der Waals surface area contributed by atoms with Crippen LogP contribution in [-0.2, 0) is 22.6 Å². The fourth-order valence-corrected chi connectivity index (χ4v) is 2.79. The first-order valence-electron chi connectivity index (χ1n) is 7.87. The maximum absolute atomic E-state index is 12.2. The fourth-order valence-electron chi connectivity index (χ4n) is 2.79. The van der Waals surface area contributed by atoms with Crippen molar-refractivity contribution < 1.29 is 19.1 Å². The van der Waals surface area contributed by atoms with Crippen LogP contribution in [-0.4, -0.2) is 35.8 Å². The van der Waals surface area contributed by atoms with Gasteiger partial charge in [-0.2, -0.15) is 0 Å². The lowest BCUT2D eigenvalue weighted by atomic mass is 10.1. The summed E-state index contributed by atoms with van der Waals surface area (Å²) in [5.41, 5.74) is 2.45. The van der Waals surface area contributed by atoms with Gasteiger partial charge in [0, 0.05) is 25.3 Å². The highest BCUT2D eigenvalue weighted by atomic mass is 16.6. The van der Waals surface area contributed by atoms with Crippen molar-refractivity contribution in [1.29, 1.82) is 0 Å². The van der Waals surface area contributed by atoms with Gasteiger partial charge in [0.15, 0.2) is 0 Å². The van der Waals surface area contributed by atoms with Crippen molar-refractivity contribution in [1.82, 2.24) is 4.90 Å². The maximum Gasteiger partial charge on any atom is 0.414 e. The number of carbonyl (C=O) groups excluding carboxylic acids is 2. The molecule has 2 heterocycles. The maximum atomic E-state index is 12.2. The first-order chi connectivity index (χ1) is 10.8. The topological polar surface area (TPSA) is 59.1 Å². The molecule has 1 aromatic rings. The highest BCUT2D eigenvalue weighted by Crippen LogP contribution is 2.29. The molecule has 3 rings (SSSR count). The van der Waals surface area contributed by atoms with Crippen molar-refractivity contribution in [3.05, 3.63) is 29.3 Å². The molecule has 1 fully saturated rings. The van der Waals surface area contributed by atoms with Gasteiger partial charge in [0.1, 0.15) is 5.60 Å². The zero-order chi connectivity index (χ0) is 16.6. The van der Waals surface area contributed by atoms with Crippen LogP contribution < -0.4 is 4.90 Å². The molecule has 0 atom stereocenters. The first kappa shape index (κ1) is 15.6. The van der Waals surface area contributed by atoms with Gasteiger partial charge in [-0.15, -0.1) is 0 Å². The molecule has 0 bridgehead atoms. The predicted octanol–water partition coefficient (Wildman–Crippen LogP) is 3.28. The molecule has 1 saturated heterocycles. The van der Waals surface area contributed by atoms with E-state index >= 15 is 0 Å². The second-order valence-corrected chi connectivity index (χ2v) is 6.91. The smallest absolute Gasteiger partial charge is 0.414 e. The summed E-state index contributed by atoms with van der Waals surface area (Å²) in [6, 6.07) is 5.84. The number of rotatable bonds is 1. The Kier molecular flexibility index (Phi) is 3.92. The third kappa shape index (κ3) is 3.41. The summed E-state index contributed by atoms with van der Waals surface area (Å²) in [6.07, 6.45) is 0.207. The summed E-state index contributed by atoms with van der Waals surface area (Å²) in [6.45, 7) is 7.74. The van der Waals surface area contributed by atoms with Crippen molar-refractivity contribution in [2.24, 2.45) is 0 Å². The number of hydrogen-bond acceptors (Lipinski definition) is 4. The average molecular weight is 318 g/mol. The summed E-state index contributed by atoms with van der Waals surface area (Å²) in [7, 11) is 0. The van der Waals surface area contributed by atoms with Gasteiger partial charge in [0.25, 0.3) is 0 Å². The van der Waals surface area contributed by atoms with Gasteiger partial charge in [0.05, 0.1) is 6.61 Å². The van der Waals surface area contributed by atoms with E-state index in [1.54, 1.807) is 9.80 Å². The minimum absolute atomic E-state index is 0.307. The van der Waals surface area contributed by atoms with Crippen molar-refractivity contribution >= 4 is 17.9 Å². The molecule has 6 heteroatoms. The number of cyclic esters (lactones) is 1. The molecule has 6 nitrogen and oxygen atoms in total. The SMILES string of the molecule is CC(C)(C)OC(=O)N1Cc2ccc(N3CCCOC3=O)cc2C1. The molecule has 1 aromatic carbocycles. The lowest BCUT2D eigenvalue weighted by Gasteiger charge is -2.26. The number of benzene rings is 1. The number of ether oxygens (including phenoxy) is 2. The Bertz CT molecular complexity index is 636. The number of anilines is 1. The van der Waals surface area contributed by atoms with Crippen LogP contribution in [0.2, 0.25) is 0 Å². The number of hydrogen-bond donors (Lipinski definition) is 0. The van der Waals surface area contributed by atoms with Crippen molar-refractivity contribution in [2.75, 3.05) is 18.1 Å². The van der Waals surface area contributed by atoms with Gasteiger partial charge in [0.2, 0.25) is 0 Å². The van der Waals surface area contributed by atoms with Crippen LogP contribution >= 0.6 is 0 Å². The molecule has 23 heavy (non-hydrogen) atoms. The lowest BCUT2D eigenvalue weighted by Crippen LogP contribution is -2.37. The summed E-state index contributed by atoms with van der Waals surface area (Å²) in [4.78, 5) is 27.3. The normalized spacial score (nSPS) is 17.8. The number of carbonyl (C=O) groups is 2. The molecule has 0 radical (unpaired) electrons. The Morgan fingerprint density at radius 1 is 1.22 bits per heavy atom. The number of amides is 2. The van der Waals surface area contributed by atoms with Gasteiger partial charge < -0.3 is 9.47 Å². The molecular weight excluding hydrogens is 296 g/mol. The molecule has 2 amide bonds. The molecule has 0 N–H and O–H groups in total. The van der Waals surface area contributed by atoms with E-state index in [1.165, 1.54) is 0 Å². The lowest BCUT2D eigenvalue weighted by molar-refractivity contribution is 0.0241. The van der Waals surface area contributed by atoms with E-state index in [-0.39, 0.29) is 12.2 Å². The van der Waals surface area contributed by atoms with E-state index in [0.717, 1.165) is 23.2 Å². The van der Waals surface area contributed by atoms with E-state index in [9.17, 15) is 9.59 Å². The molecule has 0 aliphatic carbocycles. The van der Waals surface area contributed by atoms with Crippen molar-refractivity contribution in [3.63, 3.8) is 0 Å². The first-order valence-corrected chi connectivity index (χ1v) is 7.87. The van der Waals surface area contributed by atoms with Crippen LogP contribution in [0.3, 0.4) is 0 Å². The molecule has 124 valence electrons. The van der Waals surface area contributed by atoms with E-state index in [4.69, 9.17) is 9.47 Å². The third-order valence-corrected chi connectivity index (χ3v) is 3.85. The molecule has 2 aliphatic rings. The Balaban J connectivity index is 1.73. The fraction of sp³-hybridized carbons (Fsp3) is 0.529. The molecule has 0 spiro atoms. The zero-order valence-electron chi connectivity index (χ0n) is 13.8. The average Bonchev–Trinajstić information content (AvgIpc) is 2.89. The monoisotopic (exact) mass is 318 g/mol. The minimum atomic E-state index is -0.505. The van der Waals surface area contributed by atoms with Crippen molar-refractivity contribution in [2.45, 2.75) is 45.9 Å². The van der Waals surface area contributed by atoms with Crippen molar-refractivity contribution in [3.8, 4) is 0 Å². The predicted molar refractivity (Wildman–Crippen MR) is 85.2 cm³/mol. The quantitative estimate of drug-likeness (QED) is 0.797. The number of nitrogens with zero attached hydrogens (tertiary/aromatic N) is 2. The largest absolute Gasteiger partial charge is 0.449 e. The van der Waals surface area contributed by atoms with Gasteiger partial charge >= 0.3 is 12.2 Å². The molecule has 0 saturated carbocycles. The summed E-state index contributed by atoms with van der Waals surface area (Å²) < 4.78 is 10.5. The van der Waals surface area contributed by atoms with Crippen LogP contribution in [0.4, 0.5) is 15.3 Å². The minimum Gasteiger partial charge on any atom is -0.449 e. The number of fused-ring (bicyclic) bond motifs is 1. The van der Waals surface area contributed by atoms with Crippen LogP contribution in [0, 0.1) is 0 Å². The van der Waals surface area contributed by atoms with Crippen LogP contribution in [0.5, 0.6) is 0 Å². The Labute approximate surface area is 136 Å². The third-order valence-electron chi connectivity index (χ3n) is 3.85. The van der Waals surface area contributed by atoms with E-state index in [0.29, 0.717) is 26.2 Å². The highest BCUT2D eigenvalue weighted by Gasteiger charge is 2.29. The zero-order valence-corrected chi connectivity index (χ0v) is 13.8. The van der Waals surface area contributed by atoms with Gasteiger partial charge in [-0.25, -0.2) is 9.59 Å². The molecule has 2 aliphatic heterocycles. The summed E-state index contributed by atoms with van der Waals surface area (Å²) in [5.74, 6) is 0. The van der Waals surface area contributed by atoms with E-state index < -0.39 is 5.60 Å². The van der Waals surface area contributed by atoms with Gasteiger partial charge in [-0.3, -0.25) is 9.80 Å². The van der Waals surface area contributed by atoms with Crippen LogP contribution in [0.15, 0.2) is 18.2 Å². The Morgan fingerprint density at radius 2 is 1.96 bits per heavy atom. The Hall–Kier alpha value is -2.24. The standard InChI is InChI=1S/C17H22N2O4/c1-17(2,3)23-15(20)18-10-12-5-6-14(9-13(12)11-18)19-7-4-8-22-16(19)21/h5-6,9H,4,7-8,10-11H2,1-3H3. The highest BCUT2D eigenvalue weighted by molar-refractivity contribution is 5.88. The second kappa shape index (κ2) is 5.76. The van der Waals surface area contributed by atoms with Gasteiger partial charge in [-0.1, -0.05) is 6.07 Å². The van der Waals surface area contributed by atoms with E-state index in [2.05, 4.69) is 0 Å². The molecular formula is C17H22N2O4. The summed E-state index contributed by atoms with van der Waals surface area (Å²) >= 11 is 0.